The summed E-state index contributed by atoms with van der Waals surface area (Å²) in [5.74, 6) is 1.20. The molecule has 2 aromatic carbocycles. The number of ketones is 1. The van der Waals surface area contributed by atoms with Crippen molar-refractivity contribution < 1.29 is 14.3 Å². The number of aromatic nitrogens is 2. The lowest BCUT2D eigenvalue weighted by Crippen LogP contribution is -2.00. The van der Waals surface area contributed by atoms with Crippen LogP contribution in [-0.4, -0.2) is 22.7 Å². The second-order valence-corrected chi connectivity index (χ2v) is 6.68. The molecule has 0 unspecified atom stereocenters. The lowest BCUT2D eigenvalue weighted by molar-refractivity contribution is 0.104. The van der Waals surface area contributed by atoms with E-state index in [0.29, 0.717) is 23.7 Å². The van der Waals surface area contributed by atoms with Crippen LogP contribution in [0.4, 0.5) is 0 Å². The van der Waals surface area contributed by atoms with Crippen LogP contribution in [0, 0.1) is 0 Å². The van der Waals surface area contributed by atoms with E-state index < -0.39 is 0 Å². The first-order chi connectivity index (χ1) is 13.6. The second kappa shape index (κ2) is 9.04. The van der Waals surface area contributed by atoms with Gasteiger partial charge in [0.05, 0.1) is 18.9 Å². The molecule has 3 aromatic rings. The molecule has 3 rings (SSSR count). The predicted octanol–water partition coefficient (Wildman–Crippen LogP) is 4.95. The third-order valence-corrected chi connectivity index (χ3v) is 4.27. The SMILES string of the molecule is COc1cc(/C=C/C(=O)c2cnn(C(C)C)c2)ccc1OCc1ccccc1. The van der Waals surface area contributed by atoms with Gasteiger partial charge in [0.15, 0.2) is 17.3 Å². The minimum atomic E-state index is -0.0877. The Morgan fingerprint density at radius 3 is 2.61 bits per heavy atom. The van der Waals surface area contributed by atoms with Crippen molar-refractivity contribution in [3.8, 4) is 11.5 Å². The molecule has 0 bridgehead atoms. The van der Waals surface area contributed by atoms with E-state index in [2.05, 4.69) is 5.10 Å². The van der Waals surface area contributed by atoms with Crippen molar-refractivity contribution in [1.82, 2.24) is 9.78 Å². The summed E-state index contributed by atoms with van der Waals surface area (Å²) in [6.45, 7) is 4.50. The normalized spacial score (nSPS) is 11.1. The van der Waals surface area contributed by atoms with Crippen molar-refractivity contribution in [3.05, 3.63) is 83.7 Å². The molecule has 0 aliphatic heterocycles. The first-order valence-corrected chi connectivity index (χ1v) is 9.18. The van der Waals surface area contributed by atoms with Crippen LogP contribution in [0.25, 0.3) is 6.08 Å². The van der Waals surface area contributed by atoms with Gasteiger partial charge in [-0.1, -0.05) is 42.5 Å². The quantitative estimate of drug-likeness (QED) is 0.412. The number of nitrogens with zero attached hydrogens (tertiary/aromatic N) is 2. The van der Waals surface area contributed by atoms with Crippen LogP contribution in [0.3, 0.4) is 0 Å². The van der Waals surface area contributed by atoms with Crippen LogP contribution >= 0.6 is 0 Å². The minimum absolute atomic E-state index is 0.0877. The number of rotatable bonds is 8. The van der Waals surface area contributed by atoms with Gasteiger partial charge in [-0.15, -0.1) is 0 Å². The van der Waals surface area contributed by atoms with Crippen molar-refractivity contribution in [2.24, 2.45) is 0 Å². The maximum atomic E-state index is 12.3. The van der Waals surface area contributed by atoms with Crippen LogP contribution in [0.15, 0.2) is 67.0 Å². The van der Waals surface area contributed by atoms with Gasteiger partial charge >= 0.3 is 0 Å². The molecule has 0 amide bonds. The molecule has 28 heavy (non-hydrogen) atoms. The molecule has 0 fully saturated rings. The molecular formula is C23H24N2O3. The maximum absolute atomic E-state index is 12.3. The highest BCUT2D eigenvalue weighted by Crippen LogP contribution is 2.29. The van der Waals surface area contributed by atoms with Gasteiger partial charge in [0, 0.05) is 12.2 Å². The third kappa shape index (κ3) is 4.88. The van der Waals surface area contributed by atoms with Gasteiger partial charge in [0.1, 0.15) is 6.61 Å². The number of ether oxygens (including phenoxy) is 2. The average molecular weight is 376 g/mol. The van der Waals surface area contributed by atoms with E-state index in [1.165, 1.54) is 0 Å². The lowest BCUT2D eigenvalue weighted by Gasteiger charge is -2.11. The van der Waals surface area contributed by atoms with Gasteiger partial charge in [-0.05, 0) is 43.2 Å². The summed E-state index contributed by atoms with van der Waals surface area (Å²) < 4.78 is 13.1. The number of methoxy groups -OCH3 is 1. The molecule has 0 N–H and O–H groups in total. The van der Waals surface area contributed by atoms with Crippen LogP contribution in [-0.2, 0) is 6.61 Å². The third-order valence-electron chi connectivity index (χ3n) is 4.27. The Morgan fingerprint density at radius 2 is 1.93 bits per heavy atom. The van der Waals surface area contributed by atoms with Crippen LogP contribution in [0.1, 0.15) is 41.4 Å². The molecular weight excluding hydrogens is 352 g/mol. The topological polar surface area (TPSA) is 53.3 Å². The number of benzene rings is 2. The molecule has 1 aromatic heterocycles. The van der Waals surface area contributed by atoms with Gasteiger partial charge in [-0.3, -0.25) is 9.48 Å². The fourth-order valence-corrected chi connectivity index (χ4v) is 2.66. The van der Waals surface area contributed by atoms with Crippen molar-refractivity contribution >= 4 is 11.9 Å². The molecule has 144 valence electrons. The average Bonchev–Trinajstić information content (AvgIpc) is 3.22. The van der Waals surface area contributed by atoms with E-state index in [9.17, 15) is 4.79 Å². The Labute approximate surface area is 165 Å². The molecule has 0 aliphatic rings. The summed E-state index contributed by atoms with van der Waals surface area (Å²) in [6, 6.07) is 15.8. The summed E-state index contributed by atoms with van der Waals surface area (Å²) in [6.07, 6.45) is 6.66. The monoisotopic (exact) mass is 376 g/mol. The standard InChI is InChI=1S/C23H24N2O3/c1-17(2)25-15-20(14-24-25)21(26)11-9-18-10-12-22(23(13-18)27-3)28-16-19-7-5-4-6-8-19/h4-15,17H,16H2,1-3H3/b11-9+. The summed E-state index contributed by atoms with van der Waals surface area (Å²) in [5.41, 5.74) is 2.51. The van der Waals surface area contributed by atoms with E-state index in [4.69, 9.17) is 9.47 Å². The molecule has 0 saturated heterocycles. The van der Waals surface area contributed by atoms with Gasteiger partial charge in [-0.2, -0.15) is 5.10 Å². The largest absolute Gasteiger partial charge is 0.493 e. The Kier molecular flexibility index (Phi) is 6.27. The Bertz CT molecular complexity index is 959. The highest BCUT2D eigenvalue weighted by molar-refractivity contribution is 6.06. The lowest BCUT2D eigenvalue weighted by atomic mass is 10.1. The molecule has 5 heteroatoms. The molecule has 0 spiro atoms. The molecule has 0 atom stereocenters. The second-order valence-electron chi connectivity index (χ2n) is 6.68. The zero-order valence-electron chi connectivity index (χ0n) is 16.3. The van der Waals surface area contributed by atoms with Crippen molar-refractivity contribution in [2.45, 2.75) is 26.5 Å². The summed E-state index contributed by atoms with van der Waals surface area (Å²) >= 11 is 0. The number of hydrogen-bond donors (Lipinski definition) is 0. The Morgan fingerprint density at radius 1 is 1.14 bits per heavy atom. The van der Waals surface area contributed by atoms with Crippen molar-refractivity contribution in [2.75, 3.05) is 7.11 Å². The molecule has 5 nitrogen and oxygen atoms in total. The number of allylic oxidation sites excluding steroid dienone is 1. The van der Waals surface area contributed by atoms with E-state index in [0.717, 1.165) is 11.1 Å². The molecule has 0 aliphatic carbocycles. The minimum Gasteiger partial charge on any atom is -0.493 e. The zero-order valence-corrected chi connectivity index (χ0v) is 16.3. The van der Waals surface area contributed by atoms with Gasteiger partial charge in [-0.25, -0.2) is 0 Å². The van der Waals surface area contributed by atoms with Crippen LogP contribution < -0.4 is 9.47 Å². The zero-order chi connectivity index (χ0) is 19.9. The van der Waals surface area contributed by atoms with Gasteiger partial charge in [0.25, 0.3) is 0 Å². The van der Waals surface area contributed by atoms with Gasteiger partial charge in [0.2, 0.25) is 0 Å². The number of hydrogen-bond acceptors (Lipinski definition) is 4. The Hall–Kier alpha value is -3.34. The number of carbonyl (C=O) groups excluding carboxylic acids is 1. The summed E-state index contributed by atoms with van der Waals surface area (Å²) in [7, 11) is 1.60. The first-order valence-electron chi connectivity index (χ1n) is 9.18. The number of carbonyl (C=O) groups is 1. The van der Waals surface area contributed by atoms with Gasteiger partial charge < -0.3 is 9.47 Å². The smallest absolute Gasteiger partial charge is 0.189 e. The van der Waals surface area contributed by atoms with E-state index >= 15 is 0 Å². The Balaban J connectivity index is 1.68. The van der Waals surface area contributed by atoms with E-state index in [1.54, 1.807) is 36.3 Å². The van der Waals surface area contributed by atoms with Crippen LogP contribution in [0.5, 0.6) is 11.5 Å². The van der Waals surface area contributed by atoms with Crippen LogP contribution in [0.2, 0.25) is 0 Å². The first kappa shape index (κ1) is 19.4. The highest BCUT2D eigenvalue weighted by Gasteiger charge is 2.08. The molecule has 0 radical (unpaired) electrons. The van der Waals surface area contributed by atoms with Crippen molar-refractivity contribution in [3.63, 3.8) is 0 Å². The summed E-state index contributed by atoms with van der Waals surface area (Å²) in [4.78, 5) is 12.3. The van der Waals surface area contributed by atoms with Crippen molar-refractivity contribution in [1.29, 1.82) is 0 Å². The summed E-state index contributed by atoms with van der Waals surface area (Å²) in [5, 5.41) is 4.20. The molecule has 1 heterocycles. The maximum Gasteiger partial charge on any atom is 0.189 e. The fraction of sp³-hybridized carbons (Fsp3) is 0.217. The van der Waals surface area contributed by atoms with E-state index in [-0.39, 0.29) is 11.8 Å². The van der Waals surface area contributed by atoms with E-state index in [1.807, 2.05) is 62.4 Å². The predicted molar refractivity (Wildman–Crippen MR) is 110 cm³/mol. The fourth-order valence-electron chi connectivity index (χ4n) is 2.66. The highest BCUT2D eigenvalue weighted by atomic mass is 16.5. The molecule has 0 saturated carbocycles.